The summed E-state index contributed by atoms with van der Waals surface area (Å²) in [6.07, 6.45) is 0. The number of benzene rings is 1. The topological polar surface area (TPSA) is 50.1 Å². The maximum absolute atomic E-state index is 9.73. The van der Waals surface area contributed by atoms with Crippen LogP contribution in [-0.4, -0.2) is 14.9 Å². The highest BCUT2D eigenvalue weighted by Crippen LogP contribution is 2.21. The van der Waals surface area contributed by atoms with E-state index >= 15 is 0 Å². The molecule has 0 fully saturated rings. The minimum absolute atomic E-state index is 0.261. The summed E-state index contributed by atoms with van der Waals surface area (Å²) in [5, 5.41) is 18.0. The molecule has 1 aromatic carbocycles. The van der Waals surface area contributed by atoms with Crippen LogP contribution in [0.25, 0.3) is 0 Å². The number of aromatic nitrogens is 2. The van der Waals surface area contributed by atoms with Crippen LogP contribution in [0.15, 0.2) is 18.2 Å². The summed E-state index contributed by atoms with van der Waals surface area (Å²) in [6, 6.07) is 5.06. The summed E-state index contributed by atoms with van der Waals surface area (Å²) in [5.41, 5.74) is 4.18. The van der Waals surface area contributed by atoms with Gasteiger partial charge in [-0.3, -0.25) is 4.68 Å². The molecule has 0 aliphatic heterocycles. The monoisotopic (exact) mass is 279 g/mol. The molecule has 0 aliphatic rings. The lowest BCUT2D eigenvalue weighted by Gasteiger charge is -2.08. The van der Waals surface area contributed by atoms with Crippen LogP contribution >= 0.6 is 11.6 Å². The summed E-state index contributed by atoms with van der Waals surface area (Å²) < 4.78 is 1.88. The van der Waals surface area contributed by atoms with E-state index < -0.39 is 0 Å². The van der Waals surface area contributed by atoms with Gasteiger partial charge in [0.1, 0.15) is 5.75 Å². The summed E-state index contributed by atoms with van der Waals surface area (Å²) in [4.78, 5) is 0. The zero-order valence-electron chi connectivity index (χ0n) is 11.4. The van der Waals surface area contributed by atoms with Crippen molar-refractivity contribution in [3.63, 3.8) is 0 Å². The van der Waals surface area contributed by atoms with Crippen molar-refractivity contribution in [3.8, 4) is 5.75 Å². The Balaban J connectivity index is 2.02. The molecular formula is C14H18ClN3O. The van der Waals surface area contributed by atoms with Gasteiger partial charge >= 0.3 is 0 Å². The minimum Gasteiger partial charge on any atom is -0.508 e. The Morgan fingerprint density at radius 2 is 2.05 bits per heavy atom. The second kappa shape index (κ2) is 5.63. The first-order valence-corrected chi connectivity index (χ1v) is 6.54. The minimum atomic E-state index is 0.261. The fourth-order valence-corrected chi connectivity index (χ4v) is 2.29. The fraction of sp³-hybridized carbons (Fsp3) is 0.357. The van der Waals surface area contributed by atoms with Gasteiger partial charge in [-0.2, -0.15) is 5.10 Å². The second-order valence-corrected chi connectivity index (χ2v) is 5.09. The van der Waals surface area contributed by atoms with E-state index in [0.29, 0.717) is 11.6 Å². The van der Waals surface area contributed by atoms with E-state index in [1.54, 1.807) is 18.2 Å². The van der Waals surface area contributed by atoms with Crippen LogP contribution in [0.5, 0.6) is 5.75 Å². The number of halogens is 1. The SMILES string of the molecule is Cc1nn(C)c(C)c1CNCc1cc(Cl)ccc1O. The van der Waals surface area contributed by atoms with E-state index in [1.807, 2.05) is 25.6 Å². The Morgan fingerprint density at radius 1 is 1.32 bits per heavy atom. The van der Waals surface area contributed by atoms with Crippen molar-refractivity contribution in [2.24, 2.45) is 7.05 Å². The van der Waals surface area contributed by atoms with Gasteiger partial charge in [0, 0.05) is 42.0 Å². The van der Waals surface area contributed by atoms with E-state index in [9.17, 15) is 5.11 Å². The van der Waals surface area contributed by atoms with E-state index in [4.69, 9.17) is 11.6 Å². The van der Waals surface area contributed by atoms with Crippen molar-refractivity contribution in [2.75, 3.05) is 0 Å². The van der Waals surface area contributed by atoms with Crippen LogP contribution in [0.1, 0.15) is 22.5 Å². The second-order valence-electron chi connectivity index (χ2n) is 4.65. The maximum atomic E-state index is 9.73. The molecule has 19 heavy (non-hydrogen) atoms. The van der Waals surface area contributed by atoms with Crippen molar-refractivity contribution in [1.29, 1.82) is 0 Å². The molecule has 0 radical (unpaired) electrons. The zero-order chi connectivity index (χ0) is 14.0. The van der Waals surface area contributed by atoms with E-state index in [-0.39, 0.29) is 5.75 Å². The smallest absolute Gasteiger partial charge is 0.120 e. The average Bonchev–Trinajstić information content (AvgIpc) is 2.60. The van der Waals surface area contributed by atoms with Gasteiger partial charge in [-0.05, 0) is 32.0 Å². The normalized spacial score (nSPS) is 10.9. The summed E-state index contributed by atoms with van der Waals surface area (Å²) in [6.45, 7) is 5.34. The number of aromatic hydroxyl groups is 1. The third-order valence-corrected chi connectivity index (χ3v) is 3.55. The van der Waals surface area contributed by atoms with Crippen LogP contribution in [0.4, 0.5) is 0 Å². The van der Waals surface area contributed by atoms with Gasteiger partial charge in [0.25, 0.3) is 0 Å². The maximum Gasteiger partial charge on any atom is 0.120 e. The Bertz CT molecular complexity index is 593. The number of hydrogen-bond acceptors (Lipinski definition) is 3. The quantitative estimate of drug-likeness (QED) is 0.905. The molecule has 102 valence electrons. The standard InChI is InChI=1S/C14H18ClN3O/c1-9-13(10(2)18(3)17-9)8-16-7-11-6-12(15)4-5-14(11)19/h4-6,16,19H,7-8H2,1-3H3. The van der Waals surface area contributed by atoms with Crippen molar-refractivity contribution in [1.82, 2.24) is 15.1 Å². The Morgan fingerprint density at radius 3 is 2.68 bits per heavy atom. The number of aryl methyl sites for hydroxylation is 2. The molecule has 0 amide bonds. The number of phenols is 1. The van der Waals surface area contributed by atoms with Gasteiger partial charge in [-0.25, -0.2) is 0 Å². The first-order chi connectivity index (χ1) is 8.99. The van der Waals surface area contributed by atoms with Crippen molar-refractivity contribution < 1.29 is 5.11 Å². The molecule has 4 nitrogen and oxygen atoms in total. The van der Waals surface area contributed by atoms with Crippen LogP contribution in [-0.2, 0) is 20.1 Å². The molecule has 2 rings (SSSR count). The molecule has 0 atom stereocenters. The number of phenolic OH excluding ortho intramolecular Hbond substituents is 1. The average molecular weight is 280 g/mol. The Hall–Kier alpha value is -1.52. The largest absolute Gasteiger partial charge is 0.508 e. The molecule has 0 saturated carbocycles. The lowest BCUT2D eigenvalue weighted by molar-refractivity contribution is 0.464. The Kier molecular flexibility index (Phi) is 4.12. The predicted molar refractivity (Wildman–Crippen MR) is 76.3 cm³/mol. The first kappa shape index (κ1) is 13.9. The van der Waals surface area contributed by atoms with Crippen molar-refractivity contribution in [2.45, 2.75) is 26.9 Å². The number of rotatable bonds is 4. The molecule has 0 unspecified atom stereocenters. The molecule has 1 heterocycles. The fourth-order valence-electron chi connectivity index (χ4n) is 2.09. The molecule has 0 bridgehead atoms. The molecule has 2 N–H and O–H groups in total. The molecule has 0 aliphatic carbocycles. The van der Waals surface area contributed by atoms with E-state index in [1.165, 1.54) is 5.56 Å². The van der Waals surface area contributed by atoms with Gasteiger partial charge in [0.2, 0.25) is 0 Å². The number of nitrogens with one attached hydrogen (secondary N) is 1. The molecule has 5 heteroatoms. The van der Waals surface area contributed by atoms with Crippen LogP contribution in [0.2, 0.25) is 5.02 Å². The molecule has 0 saturated heterocycles. The lowest BCUT2D eigenvalue weighted by Crippen LogP contribution is -2.14. The molecule has 1 aromatic heterocycles. The van der Waals surface area contributed by atoms with E-state index in [0.717, 1.165) is 23.5 Å². The van der Waals surface area contributed by atoms with Crippen LogP contribution in [0.3, 0.4) is 0 Å². The van der Waals surface area contributed by atoms with Gasteiger partial charge < -0.3 is 10.4 Å². The summed E-state index contributed by atoms with van der Waals surface area (Å²) in [5.74, 6) is 0.261. The molecule has 2 aromatic rings. The van der Waals surface area contributed by atoms with Crippen LogP contribution in [0, 0.1) is 13.8 Å². The first-order valence-electron chi connectivity index (χ1n) is 6.16. The lowest BCUT2D eigenvalue weighted by atomic mass is 10.1. The van der Waals surface area contributed by atoms with Crippen LogP contribution < -0.4 is 5.32 Å². The van der Waals surface area contributed by atoms with Gasteiger partial charge in [-0.1, -0.05) is 11.6 Å². The third kappa shape index (κ3) is 3.08. The number of nitrogens with zero attached hydrogens (tertiary/aromatic N) is 2. The zero-order valence-corrected chi connectivity index (χ0v) is 12.1. The molecule has 0 spiro atoms. The number of hydrogen-bond donors (Lipinski definition) is 2. The van der Waals surface area contributed by atoms with Crippen molar-refractivity contribution in [3.05, 3.63) is 45.7 Å². The van der Waals surface area contributed by atoms with Gasteiger partial charge in [-0.15, -0.1) is 0 Å². The third-order valence-electron chi connectivity index (χ3n) is 3.32. The van der Waals surface area contributed by atoms with Gasteiger partial charge in [0.15, 0.2) is 0 Å². The van der Waals surface area contributed by atoms with Crippen molar-refractivity contribution >= 4 is 11.6 Å². The highest BCUT2D eigenvalue weighted by atomic mass is 35.5. The summed E-state index contributed by atoms with van der Waals surface area (Å²) >= 11 is 5.91. The highest BCUT2D eigenvalue weighted by Gasteiger charge is 2.09. The summed E-state index contributed by atoms with van der Waals surface area (Å²) in [7, 11) is 1.94. The molecular weight excluding hydrogens is 262 g/mol. The Labute approximate surface area is 118 Å². The van der Waals surface area contributed by atoms with Gasteiger partial charge in [0.05, 0.1) is 5.69 Å². The predicted octanol–water partition coefficient (Wildman–Crippen LogP) is 2.69. The van der Waals surface area contributed by atoms with E-state index in [2.05, 4.69) is 10.4 Å². The highest BCUT2D eigenvalue weighted by molar-refractivity contribution is 6.30.